The van der Waals surface area contributed by atoms with Gasteiger partial charge in [-0.15, -0.1) is 11.3 Å². The highest BCUT2D eigenvalue weighted by Crippen LogP contribution is 2.24. The Bertz CT molecular complexity index is 797. The standard InChI is InChI=1S/C15H14N4OS/c16-15(19-20)13-7-10(3-5-17-13)9-18-12-1-2-14-11(8-12)4-6-21-14/h1-8,18,20H,9H2,(H2,16,19). The predicted molar refractivity (Wildman–Crippen MR) is 85.9 cm³/mol. The number of pyridine rings is 1. The summed E-state index contributed by atoms with van der Waals surface area (Å²) in [6.07, 6.45) is 1.65. The lowest BCUT2D eigenvalue weighted by Crippen LogP contribution is -2.15. The minimum Gasteiger partial charge on any atom is -0.409 e. The van der Waals surface area contributed by atoms with Gasteiger partial charge in [-0.05, 0) is 52.7 Å². The summed E-state index contributed by atoms with van der Waals surface area (Å²) in [6, 6.07) is 12.1. The van der Waals surface area contributed by atoms with Crippen molar-refractivity contribution < 1.29 is 5.21 Å². The maximum atomic E-state index is 8.68. The topological polar surface area (TPSA) is 83.5 Å². The van der Waals surface area contributed by atoms with Crippen LogP contribution in [0.1, 0.15) is 11.3 Å². The molecule has 4 N–H and O–H groups in total. The van der Waals surface area contributed by atoms with Gasteiger partial charge in [0.25, 0.3) is 0 Å². The third-order valence-electron chi connectivity index (χ3n) is 3.14. The largest absolute Gasteiger partial charge is 0.409 e. The van der Waals surface area contributed by atoms with Crippen LogP contribution in [0.25, 0.3) is 10.1 Å². The molecule has 0 unspecified atom stereocenters. The van der Waals surface area contributed by atoms with Gasteiger partial charge in [-0.25, -0.2) is 0 Å². The van der Waals surface area contributed by atoms with Crippen LogP contribution in [0.3, 0.4) is 0 Å². The molecule has 0 bridgehead atoms. The molecule has 5 nitrogen and oxygen atoms in total. The van der Waals surface area contributed by atoms with E-state index in [9.17, 15) is 0 Å². The van der Waals surface area contributed by atoms with Gasteiger partial charge in [0, 0.05) is 23.1 Å². The van der Waals surface area contributed by atoms with Crippen LogP contribution >= 0.6 is 11.3 Å². The molecular weight excluding hydrogens is 284 g/mol. The number of amidine groups is 1. The number of hydrogen-bond donors (Lipinski definition) is 3. The quantitative estimate of drug-likeness (QED) is 0.299. The fraction of sp³-hybridized carbons (Fsp3) is 0.0667. The zero-order chi connectivity index (χ0) is 14.7. The van der Waals surface area contributed by atoms with E-state index in [2.05, 4.69) is 45.1 Å². The van der Waals surface area contributed by atoms with Gasteiger partial charge < -0.3 is 16.3 Å². The van der Waals surface area contributed by atoms with Crippen LogP contribution in [-0.2, 0) is 6.54 Å². The number of nitrogens with two attached hydrogens (primary N) is 1. The first kappa shape index (κ1) is 13.4. The maximum Gasteiger partial charge on any atom is 0.188 e. The Kier molecular flexibility index (Phi) is 3.70. The number of rotatable bonds is 4. The van der Waals surface area contributed by atoms with Gasteiger partial charge in [-0.3, -0.25) is 4.98 Å². The number of fused-ring (bicyclic) bond motifs is 1. The van der Waals surface area contributed by atoms with Crippen LogP contribution in [0.4, 0.5) is 5.69 Å². The molecule has 0 saturated heterocycles. The lowest BCUT2D eigenvalue weighted by molar-refractivity contribution is 0.318. The number of thiophene rings is 1. The lowest BCUT2D eigenvalue weighted by Gasteiger charge is -2.07. The van der Waals surface area contributed by atoms with Crippen molar-refractivity contribution >= 4 is 32.9 Å². The average Bonchev–Trinajstić information content (AvgIpc) is 3.00. The smallest absolute Gasteiger partial charge is 0.188 e. The molecule has 0 aliphatic carbocycles. The van der Waals surface area contributed by atoms with E-state index in [1.165, 1.54) is 10.1 Å². The second kappa shape index (κ2) is 5.80. The predicted octanol–water partition coefficient (Wildman–Crippen LogP) is 3.00. The van der Waals surface area contributed by atoms with Crippen molar-refractivity contribution in [3.8, 4) is 0 Å². The van der Waals surface area contributed by atoms with Crippen LogP contribution in [0, 0.1) is 0 Å². The van der Waals surface area contributed by atoms with Crippen molar-refractivity contribution in [3.05, 3.63) is 59.2 Å². The van der Waals surface area contributed by atoms with Gasteiger partial charge in [-0.1, -0.05) is 5.16 Å². The number of anilines is 1. The molecule has 106 valence electrons. The van der Waals surface area contributed by atoms with Crippen LogP contribution in [0.2, 0.25) is 0 Å². The molecule has 0 amide bonds. The fourth-order valence-corrected chi connectivity index (χ4v) is 2.83. The molecule has 2 heterocycles. The Morgan fingerprint density at radius 3 is 3.05 bits per heavy atom. The Morgan fingerprint density at radius 2 is 2.19 bits per heavy atom. The molecule has 2 aromatic heterocycles. The Hall–Kier alpha value is -2.60. The Labute approximate surface area is 125 Å². The van der Waals surface area contributed by atoms with E-state index in [4.69, 9.17) is 10.9 Å². The zero-order valence-corrected chi connectivity index (χ0v) is 12.0. The van der Waals surface area contributed by atoms with Crippen LogP contribution in [0.5, 0.6) is 0 Å². The number of oxime groups is 1. The molecule has 0 aliphatic heterocycles. The second-order valence-corrected chi connectivity index (χ2v) is 5.51. The van der Waals surface area contributed by atoms with Gasteiger partial charge >= 0.3 is 0 Å². The number of nitrogens with one attached hydrogen (secondary N) is 1. The van der Waals surface area contributed by atoms with Crippen molar-refractivity contribution in [2.24, 2.45) is 10.9 Å². The normalized spacial score (nSPS) is 11.7. The summed E-state index contributed by atoms with van der Waals surface area (Å²) < 4.78 is 1.28. The van der Waals surface area contributed by atoms with Gasteiger partial charge in [0.2, 0.25) is 0 Å². The van der Waals surface area contributed by atoms with Crippen molar-refractivity contribution in [1.82, 2.24) is 4.98 Å². The van der Waals surface area contributed by atoms with Gasteiger partial charge in [0.05, 0.1) is 0 Å². The molecule has 1 aromatic carbocycles. The SMILES string of the molecule is NC(=NO)c1cc(CNc2ccc3sccc3c2)ccn1. The number of hydrogen-bond acceptors (Lipinski definition) is 5. The summed E-state index contributed by atoms with van der Waals surface area (Å²) in [4.78, 5) is 4.06. The first-order valence-corrected chi connectivity index (χ1v) is 7.28. The average molecular weight is 298 g/mol. The van der Waals surface area contributed by atoms with E-state index in [0.717, 1.165) is 11.3 Å². The molecule has 21 heavy (non-hydrogen) atoms. The van der Waals surface area contributed by atoms with E-state index >= 15 is 0 Å². The minimum absolute atomic E-state index is 0.0107. The Balaban J connectivity index is 1.75. The molecule has 3 rings (SSSR count). The third-order valence-corrected chi connectivity index (χ3v) is 4.04. The van der Waals surface area contributed by atoms with E-state index < -0.39 is 0 Å². The Morgan fingerprint density at radius 1 is 1.29 bits per heavy atom. The summed E-state index contributed by atoms with van der Waals surface area (Å²) in [5.41, 5.74) is 8.07. The highest BCUT2D eigenvalue weighted by molar-refractivity contribution is 7.17. The van der Waals surface area contributed by atoms with E-state index in [1.807, 2.05) is 6.07 Å². The van der Waals surface area contributed by atoms with Crippen molar-refractivity contribution in [3.63, 3.8) is 0 Å². The van der Waals surface area contributed by atoms with E-state index in [0.29, 0.717) is 12.2 Å². The van der Waals surface area contributed by atoms with E-state index in [-0.39, 0.29) is 5.84 Å². The molecule has 0 spiro atoms. The van der Waals surface area contributed by atoms with E-state index in [1.54, 1.807) is 23.6 Å². The molecule has 0 aliphatic rings. The zero-order valence-electron chi connectivity index (χ0n) is 11.2. The molecule has 6 heteroatoms. The van der Waals surface area contributed by atoms with Crippen LogP contribution in [0.15, 0.2) is 53.1 Å². The summed E-state index contributed by atoms with van der Waals surface area (Å²) in [5.74, 6) is 0.0107. The van der Waals surface area contributed by atoms with Crippen LogP contribution < -0.4 is 11.1 Å². The van der Waals surface area contributed by atoms with Gasteiger partial charge in [0.15, 0.2) is 5.84 Å². The molecule has 0 fully saturated rings. The van der Waals surface area contributed by atoms with Crippen molar-refractivity contribution in [2.75, 3.05) is 5.32 Å². The first-order valence-electron chi connectivity index (χ1n) is 6.40. The summed E-state index contributed by atoms with van der Waals surface area (Å²) in [5, 5.41) is 18.3. The molecule has 0 radical (unpaired) electrons. The summed E-state index contributed by atoms with van der Waals surface area (Å²) >= 11 is 1.73. The van der Waals surface area contributed by atoms with Crippen molar-refractivity contribution in [1.29, 1.82) is 0 Å². The number of aromatic nitrogens is 1. The van der Waals surface area contributed by atoms with Gasteiger partial charge in [0.1, 0.15) is 5.69 Å². The molecular formula is C15H14N4OS. The molecule has 3 aromatic rings. The molecule has 0 saturated carbocycles. The first-order chi connectivity index (χ1) is 10.3. The minimum atomic E-state index is 0.0107. The maximum absolute atomic E-state index is 8.68. The van der Waals surface area contributed by atoms with Crippen LogP contribution in [-0.4, -0.2) is 16.0 Å². The van der Waals surface area contributed by atoms with Crippen molar-refractivity contribution in [2.45, 2.75) is 6.54 Å². The number of benzene rings is 1. The number of nitrogens with zero attached hydrogens (tertiary/aromatic N) is 2. The third kappa shape index (κ3) is 2.95. The fourth-order valence-electron chi connectivity index (χ4n) is 2.06. The van der Waals surface area contributed by atoms with Gasteiger partial charge in [-0.2, -0.15) is 0 Å². The highest BCUT2D eigenvalue weighted by atomic mass is 32.1. The highest BCUT2D eigenvalue weighted by Gasteiger charge is 2.03. The lowest BCUT2D eigenvalue weighted by atomic mass is 10.2. The monoisotopic (exact) mass is 298 g/mol. The molecule has 0 atom stereocenters. The summed E-state index contributed by atoms with van der Waals surface area (Å²) in [6.45, 7) is 0.643. The second-order valence-electron chi connectivity index (χ2n) is 4.56. The summed E-state index contributed by atoms with van der Waals surface area (Å²) in [7, 11) is 0.